The predicted octanol–water partition coefficient (Wildman–Crippen LogP) is 5.19. The normalized spacial score (nSPS) is 15.2. The van der Waals surface area contributed by atoms with Crippen molar-refractivity contribution in [2.45, 2.75) is 58.0 Å². The Labute approximate surface area is 152 Å². The number of hydrogen-bond donors (Lipinski definition) is 0. The molecule has 1 aliphatic rings. The Morgan fingerprint density at radius 2 is 2.04 bits per heavy atom. The average molecular weight is 363 g/mol. The maximum atomic E-state index is 12.8. The molecule has 1 aromatic heterocycles. The third-order valence-corrected chi connectivity index (χ3v) is 5.80. The van der Waals surface area contributed by atoms with Gasteiger partial charge in [0.25, 0.3) is 0 Å². The monoisotopic (exact) mass is 362 g/mol. The molecule has 1 saturated carbocycles. The van der Waals surface area contributed by atoms with Crippen molar-refractivity contribution in [1.82, 2.24) is 9.88 Å². The van der Waals surface area contributed by atoms with Gasteiger partial charge in [0, 0.05) is 23.0 Å². The lowest BCUT2D eigenvalue weighted by molar-refractivity contribution is -0.134. The molecule has 5 heteroatoms. The topological polar surface area (TPSA) is 33.2 Å². The van der Waals surface area contributed by atoms with Crippen LogP contribution >= 0.6 is 22.9 Å². The summed E-state index contributed by atoms with van der Waals surface area (Å²) in [5.41, 5.74) is 1.77. The number of aromatic nitrogens is 1. The van der Waals surface area contributed by atoms with Gasteiger partial charge in [0.05, 0.1) is 17.1 Å². The molecule has 3 nitrogen and oxygen atoms in total. The summed E-state index contributed by atoms with van der Waals surface area (Å²) in [6.07, 6.45) is 5.09. The first-order chi connectivity index (χ1) is 11.6. The van der Waals surface area contributed by atoms with Crippen LogP contribution in [-0.4, -0.2) is 27.9 Å². The summed E-state index contributed by atoms with van der Waals surface area (Å²) in [6, 6.07) is 8.33. The van der Waals surface area contributed by atoms with Gasteiger partial charge in [-0.15, -0.1) is 11.3 Å². The van der Waals surface area contributed by atoms with E-state index in [1.54, 1.807) is 11.3 Å². The second kappa shape index (κ2) is 7.66. The second-order valence-electron chi connectivity index (χ2n) is 6.63. The summed E-state index contributed by atoms with van der Waals surface area (Å²) in [7, 11) is 0. The summed E-state index contributed by atoms with van der Waals surface area (Å²) >= 11 is 7.79. The smallest absolute Gasteiger partial charge is 0.229 e. The predicted molar refractivity (Wildman–Crippen MR) is 101 cm³/mol. The van der Waals surface area contributed by atoms with Gasteiger partial charge in [-0.3, -0.25) is 4.79 Å². The summed E-state index contributed by atoms with van der Waals surface area (Å²) in [6.45, 7) is 4.21. The summed E-state index contributed by atoms with van der Waals surface area (Å²) in [5.74, 6) is 0.188. The quantitative estimate of drug-likeness (QED) is 0.733. The number of thiazole rings is 1. The Morgan fingerprint density at radius 1 is 1.33 bits per heavy atom. The number of hydrogen-bond acceptors (Lipinski definition) is 3. The molecule has 0 radical (unpaired) electrons. The van der Waals surface area contributed by atoms with E-state index in [0.29, 0.717) is 17.5 Å². The minimum Gasteiger partial charge on any atom is -0.337 e. The molecule has 1 aromatic carbocycles. The largest absolute Gasteiger partial charge is 0.337 e. The summed E-state index contributed by atoms with van der Waals surface area (Å²) in [4.78, 5) is 19.5. The number of amides is 1. The average Bonchev–Trinajstić information content (AvgIpc) is 3.20. The van der Waals surface area contributed by atoms with Gasteiger partial charge in [0.15, 0.2) is 0 Å². The number of carbonyl (C=O) groups is 1. The molecule has 1 aliphatic carbocycles. The van der Waals surface area contributed by atoms with Crippen LogP contribution in [0.25, 0.3) is 10.6 Å². The highest BCUT2D eigenvalue weighted by atomic mass is 35.5. The van der Waals surface area contributed by atoms with Gasteiger partial charge in [-0.25, -0.2) is 4.98 Å². The van der Waals surface area contributed by atoms with Gasteiger partial charge in [-0.1, -0.05) is 42.6 Å². The fraction of sp³-hybridized carbons (Fsp3) is 0.474. The summed E-state index contributed by atoms with van der Waals surface area (Å²) < 4.78 is 0. The van der Waals surface area contributed by atoms with E-state index in [4.69, 9.17) is 11.6 Å². The molecule has 1 fully saturated rings. The minimum atomic E-state index is 0.188. The molecule has 0 aliphatic heterocycles. The third kappa shape index (κ3) is 3.81. The SMILES string of the molecule is CC(C)N(C(=O)Cc1csc(-c2ccccc2Cl)n1)C1CCCC1. The number of halogens is 1. The Kier molecular flexibility index (Phi) is 5.57. The van der Waals surface area contributed by atoms with E-state index < -0.39 is 0 Å². The lowest BCUT2D eigenvalue weighted by Crippen LogP contribution is -2.44. The fourth-order valence-corrected chi connectivity index (χ4v) is 4.63. The molecule has 0 atom stereocenters. The molecule has 0 spiro atoms. The maximum Gasteiger partial charge on any atom is 0.229 e. The van der Waals surface area contributed by atoms with E-state index in [1.165, 1.54) is 12.8 Å². The summed E-state index contributed by atoms with van der Waals surface area (Å²) in [5, 5.41) is 3.55. The second-order valence-corrected chi connectivity index (χ2v) is 7.90. The lowest BCUT2D eigenvalue weighted by atomic mass is 10.1. The van der Waals surface area contributed by atoms with Crippen LogP contribution in [0, 0.1) is 0 Å². The Balaban J connectivity index is 1.74. The van der Waals surface area contributed by atoms with E-state index >= 15 is 0 Å². The molecular weight excluding hydrogens is 340 g/mol. The minimum absolute atomic E-state index is 0.188. The van der Waals surface area contributed by atoms with E-state index in [1.807, 2.05) is 29.6 Å². The van der Waals surface area contributed by atoms with E-state index in [-0.39, 0.29) is 11.9 Å². The standard InChI is InChI=1S/C19H23ClN2OS/c1-13(2)22(15-7-3-4-8-15)18(23)11-14-12-24-19(21-14)16-9-5-6-10-17(16)20/h5-6,9-10,12-13,15H,3-4,7-8,11H2,1-2H3. The lowest BCUT2D eigenvalue weighted by Gasteiger charge is -2.32. The van der Waals surface area contributed by atoms with Crippen molar-refractivity contribution in [2.24, 2.45) is 0 Å². The highest BCUT2D eigenvalue weighted by molar-refractivity contribution is 7.13. The highest BCUT2D eigenvalue weighted by Crippen LogP contribution is 2.31. The molecule has 0 saturated heterocycles. The molecule has 24 heavy (non-hydrogen) atoms. The zero-order valence-electron chi connectivity index (χ0n) is 14.2. The van der Waals surface area contributed by atoms with E-state index in [2.05, 4.69) is 23.7 Å². The van der Waals surface area contributed by atoms with Crippen LogP contribution in [0.1, 0.15) is 45.2 Å². The van der Waals surface area contributed by atoms with Gasteiger partial charge >= 0.3 is 0 Å². The first kappa shape index (κ1) is 17.4. The number of rotatable bonds is 5. The van der Waals surface area contributed by atoms with Crippen molar-refractivity contribution in [3.63, 3.8) is 0 Å². The Morgan fingerprint density at radius 3 is 2.71 bits per heavy atom. The first-order valence-electron chi connectivity index (χ1n) is 8.56. The van der Waals surface area contributed by atoms with Gasteiger partial charge in [-0.05, 0) is 32.8 Å². The van der Waals surface area contributed by atoms with Crippen LogP contribution in [0.4, 0.5) is 0 Å². The molecule has 2 aromatic rings. The van der Waals surface area contributed by atoms with E-state index in [0.717, 1.165) is 29.1 Å². The molecule has 0 bridgehead atoms. The van der Waals surface area contributed by atoms with Crippen LogP contribution < -0.4 is 0 Å². The van der Waals surface area contributed by atoms with Crippen LogP contribution in [0.2, 0.25) is 5.02 Å². The van der Waals surface area contributed by atoms with Crippen LogP contribution in [0.5, 0.6) is 0 Å². The molecule has 0 unspecified atom stereocenters. The van der Waals surface area contributed by atoms with Crippen molar-refractivity contribution in [2.75, 3.05) is 0 Å². The van der Waals surface area contributed by atoms with Gasteiger partial charge in [0.1, 0.15) is 5.01 Å². The van der Waals surface area contributed by atoms with Gasteiger partial charge in [-0.2, -0.15) is 0 Å². The molecule has 0 N–H and O–H groups in total. The number of benzene rings is 1. The van der Waals surface area contributed by atoms with Gasteiger partial charge < -0.3 is 4.90 Å². The maximum absolute atomic E-state index is 12.8. The fourth-order valence-electron chi connectivity index (χ4n) is 3.49. The van der Waals surface area contributed by atoms with Crippen molar-refractivity contribution in [3.05, 3.63) is 40.4 Å². The number of nitrogens with zero attached hydrogens (tertiary/aromatic N) is 2. The van der Waals surface area contributed by atoms with Gasteiger partial charge in [0.2, 0.25) is 5.91 Å². The van der Waals surface area contributed by atoms with Crippen molar-refractivity contribution >= 4 is 28.8 Å². The van der Waals surface area contributed by atoms with Crippen molar-refractivity contribution < 1.29 is 4.79 Å². The van der Waals surface area contributed by atoms with Crippen LogP contribution in [0.3, 0.4) is 0 Å². The molecule has 1 heterocycles. The Bertz CT molecular complexity index is 707. The van der Waals surface area contributed by atoms with Crippen molar-refractivity contribution in [3.8, 4) is 10.6 Å². The molecule has 128 valence electrons. The van der Waals surface area contributed by atoms with E-state index in [9.17, 15) is 4.79 Å². The number of carbonyl (C=O) groups excluding carboxylic acids is 1. The third-order valence-electron chi connectivity index (χ3n) is 4.55. The molecule has 1 amide bonds. The highest BCUT2D eigenvalue weighted by Gasteiger charge is 2.29. The first-order valence-corrected chi connectivity index (χ1v) is 9.82. The zero-order valence-corrected chi connectivity index (χ0v) is 15.7. The van der Waals surface area contributed by atoms with Crippen LogP contribution in [-0.2, 0) is 11.2 Å². The zero-order chi connectivity index (χ0) is 17.1. The Hall–Kier alpha value is -1.39. The molecule has 3 rings (SSSR count). The van der Waals surface area contributed by atoms with Crippen molar-refractivity contribution in [1.29, 1.82) is 0 Å². The van der Waals surface area contributed by atoms with Crippen LogP contribution in [0.15, 0.2) is 29.6 Å². The molecular formula is C19H23ClN2OS.